The van der Waals surface area contributed by atoms with Crippen LogP contribution >= 0.6 is 0 Å². The molecule has 1 aromatic heterocycles. The molecule has 0 saturated heterocycles. The SMILES string of the molecule is Cc1cc(S(N)(=O)=O)c(C)c(C)c1OCc1ccn(C)n1. The van der Waals surface area contributed by atoms with Crippen LogP contribution in [0.4, 0.5) is 0 Å². The molecule has 0 saturated carbocycles. The average molecular weight is 309 g/mol. The van der Waals surface area contributed by atoms with Crippen LogP contribution in [0.25, 0.3) is 0 Å². The van der Waals surface area contributed by atoms with E-state index in [0.29, 0.717) is 17.9 Å². The third-order valence-electron chi connectivity index (χ3n) is 3.42. The first-order chi connectivity index (χ1) is 9.70. The van der Waals surface area contributed by atoms with Crippen molar-refractivity contribution >= 4 is 10.0 Å². The van der Waals surface area contributed by atoms with Crippen molar-refractivity contribution in [2.45, 2.75) is 32.3 Å². The largest absolute Gasteiger partial charge is 0.487 e. The molecule has 1 heterocycles. The number of rotatable bonds is 4. The molecule has 0 aliphatic rings. The van der Waals surface area contributed by atoms with E-state index >= 15 is 0 Å². The predicted molar refractivity (Wildman–Crippen MR) is 79.6 cm³/mol. The third-order valence-corrected chi connectivity index (χ3v) is 4.46. The summed E-state index contributed by atoms with van der Waals surface area (Å²) in [6.07, 6.45) is 1.84. The van der Waals surface area contributed by atoms with Crippen molar-refractivity contribution in [3.8, 4) is 5.75 Å². The molecule has 0 amide bonds. The molecule has 0 atom stereocenters. The molecule has 0 spiro atoms. The van der Waals surface area contributed by atoms with Gasteiger partial charge < -0.3 is 4.74 Å². The fraction of sp³-hybridized carbons (Fsp3) is 0.357. The molecule has 114 valence electrons. The van der Waals surface area contributed by atoms with Crippen LogP contribution in [0.2, 0.25) is 0 Å². The molecule has 2 aromatic rings. The van der Waals surface area contributed by atoms with E-state index < -0.39 is 10.0 Å². The van der Waals surface area contributed by atoms with Gasteiger partial charge in [-0.2, -0.15) is 5.10 Å². The smallest absolute Gasteiger partial charge is 0.238 e. The van der Waals surface area contributed by atoms with E-state index in [0.717, 1.165) is 16.8 Å². The first-order valence-corrected chi connectivity index (χ1v) is 7.99. The van der Waals surface area contributed by atoms with Gasteiger partial charge in [0.25, 0.3) is 0 Å². The lowest BCUT2D eigenvalue weighted by atomic mass is 10.1. The third kappa shape index (κ3) is 3.25. The maximum atomic E-state index is 11.6. The van der Waals surface area contributed by atoms with Crippen molar-refractivity contribution in [3.63, 3.8) is 0 Å². The van der Waals surface area contributed by atoms with E-state index in [1.807, 2.05) is 26.2 Å². The van der Waals surface area contributed by atoms with Crippen LogP contribution in [-0.4, -0.2) is 18.2 Å². The highest BCUT2D eigenvalue weighted by Crippen LogP contribution is 2.31. The van der Waals surface area contributed by atoms with Gasteiger partial charge in [-0.3, -0.25) is 4.68 Å². The molecule has 2 N–H and O–H groups in total. The van der Waals surface area contributed by atoms with Crippen molar-refractivity contribution in [1.29, 1.82) is 0 Å². The predicted octanol–water partition coefficient (Wildman–Crippen LogP) is 1.57. The zero-order valence-electron chi connectivity index (χ0n) is 12.5. The monoisotopic (exact) mass is 309 g/mol. The summed E-state index contributed by atoms with van der Waals surface area (Å²) in [5.41, 5.74) is 2.93. The Bertz CT molecular complexity index is 779. The second kappa shape index (κ2) is 5.50. The van der Waals surface area contributed by atoms with Crippen molar-refractivity contribution in [1.82, 2.24) is 9.78 Å². The Balaban J connectivity index is 2.35. The maximum Gasteiger partial charge on any atom is 0.238 e. The lowest BCUT2D eigenvalue weighted by molar-refractivity contribution is 0.295. The summed E-state index contributed by atoms with van der Waals surface area (Å²) >= 11 is 0. The van der Waals surface area contributed by atoms with E-state index in [1.54, 1.807) is 24.6 Å². The van der Waals surface area contributed by atoms with Crippen LogP contribution in [0.5, 0.6) is 5.75 Å². The first kappa shape index (κ1) is 15.5. The summed E-state index contributed by atoms with van der Waals surface area (Å²) in [6.45, 7) is 5.68. The molecule has 21 heavy (non-hydrogen) atoms. The zero-order chi connectivity index (χ0) is 15.8. The summed E-state index contributed by atoms with van der Waals surface area (Å²) in [4.78, 5) is 0.141. The Labute approximate surface area is 124 Å². The highest BCUT2D eigenvalue weighted by molar-refractivity contribution is 7.89. The van der Waals surface area contributed by atoms with Crippen LogP contribution < -0.4 is 9.88 Å². The quantitative estimate of drug-likeness (QED) is 0.928. The number of sulfonamides is 1. The number of aromatic nitrogens is 2. The molecule has 0 aliphatic carbocycles. The molecular formula is C14H19N3O3S. The molecule has 0 unspecified atom stereocenters. The number of hydrogen-bond acceptors (Lipinski definition) is 4. The number of aryl methyl sites for hydroxylation is 2. The van der Waals surface area contributed by atoms with E-state index in [-0.39, 0.29) is 4.90 Å². The molecule has 2 rings (SSSR count). The molecule has 0 aliphatic heterocycles. The van der Waals surface area contributed by atoms with E-state index in [4.69, 9.17) is 9.88 Å². The Morgan fingerprint density at radius 1 is 1.29 bits per heavy atom. The second-order valence-electron chi connectivity index (χ2n) is 5.09. The van der Waals surface area contributed by atoms with E-state index in [9.17, 15) is 8.42 Å². The van der Waals surface area contributed by atoms with Gasteiger partial charge in [-0.05, 0) is 49.6 Å². The van der Waals surface area contributed by atoms with Gasteiger partial charge in [0.2, 0.25) is 10.0 Å². The Kier molecular flexibility index (Phi) is 4.06. The van der Waals surface area contributed by atoms with Crippen LogP contribution in [-0.2, 0) is 23.7 Å². The molecule has 0 bridgehead atoms. The van der Waals surface area contributed by atoms with Gasteiger partial charge in [0, 0.05) is 13.2 Å². The van der Waals surface area contributed by atoms with Crippen molar-refractivity contribution in [2.24, 2.45) is 12.2 Å². The molecule has 0 fully saturated rings. The first-order valence-electron chi connectivity index (χ1n) is 6.45. The Hall–Kier alpha value is -1.86. The average Bonchev–Trinajstić information content (AvgIpc) is 2.78. The maximum absolute atomic E-state index is 11.6. The van der Waals surface area contributed by atoms with Gasteiger partial charge in [-0.25, -0.2) is 13.6 Å². The van der Waals surface area contributed by atoms with Crippen LogP contribution in [0.15, 0.2) is 23.2 Å². The lowest BCUT2D eigenvalue weighted by Gasteiger charge is -2.16. The molecule has 0 radical (unpaired) electrons. The number of hydrogen-bond donors (Lipinski definition) is 1. The van der Waals surface area contributed by atoms with Crippen LogP contribution in [0.1, 0.15) is 22.4 Å². The van der Waals surface area contributed by atoms with Crippen molar-refractivity contribution < 1.29 is 13.2 Å². The minimum absolute atomic E-state index is 0.141. The lowest BCUT2D eigenvalue weighted by Crippen LogP contribution is -2.15. The standard InChI is InChI=1S/C14H19N3O3S/c1-9-7-13(21(15,18)19)10(2)11(3)14(9)20-8-12-5-6-17(4)16-12/h5-7H,8H2,1-4H3,(H2,15,18,19). The van der Waals surface area contributed by atoms with Gasteiger partial charge in [0.15, 0.2) is 0 Å². The van der Waals surface area contributed by atoms with E-state index in [1.165, 1.54) is 0 Å². The number of ether oxygens (including phenoxy) is 1. The van der Waals surface area contributed by atoms with Gasteiger partial charge in [0.05, 0.1) is 10.6 Å². The van der Waals surface area contributed by atoms with Crippen LogP contribution in [0, 0.1) is 20.8 Å². The Morgan fingerprint density at radius 2 is 1.95 bits per heavy atom. The molecule has 7 heteroatoms. The number of nitrogens with two attached hydrogens (primary N) is 1. The summed E-state index contributed by atoms with van der Waals surface area (Å²) in [6, 6.07) is 3.42. The molecular weight excluding hydrogens is 290 g/mol. The number of benzene rings is 1. The van der Waals surface area contributed by atoms with Crippen molar-refractivity contribution in [3.05, 3.63) is 40.7 Å². The summed E-state index contributed by atoms with van der Waals surface area (Å²) in [5, 5.41) is 9.47. The van der Waals surface area contributed by atoms with Crippen LogP contribution in [0.3, 0.4) is 0 Å². The van der Waals surface area contributed by atoms with Crippen molar-refractivity contribution in [2.75, 3.05) is 0 Å². The molecule has 6 nitrogen and oxygen atoms in total. The topological polar surface area (TPSA) is 87.2 Å². The number of nitrogens with zero attached hydrogens (tertiary/aromatic N) is 2. The fourth-order valence-electron chi connectivity index (χ4n) is 2.23. The zero-order valence-corrected chi connectivity index (χ0v) is 13.4. The van der Waals surface area contributed by atoms with Gasteiger partial charge >= 0.3 is 0 Å². The summed E-state index contributed by atoms with van der Waals surface area (Å²) in [7, 11) is -1.89. The second-order valence-corrected chi connectivity index (χ2v) is 6.61. The number of primary sulfonamides is 1. The summed E-state index contributed by atoms with van der Waals surface area (Å²) in [5.74, 6) is 0.672. The molecule has 1 aromatic carbocycles. The minimum Gasteiger partial charge on any atom is -0.487 e. The van der Waals surface area contributed by atoms with Gasteiger partial charge in [-0.15, -0.1) is 0 Å². The van der Waals surface area contributed by atoms with E-state index in [2.05, 4.69) is 5.10 Å². The highest BCUT2D eigenvalue weighted by atomic mass is 32.2. The van der Waals surface area contributed by atoms with Gasteiger partial charge in [0.1, 0.15) is 12.4 Å². The highest BCUT2D eigenvalue weighted by Gasteiger charge is 2.18. The fourth-order valence-corrected chi connectivity index (χ4v) is 3.15. The van der Waals surface area contributed by atoms with Gasteiger partial charge in [-0.1, -0.05) is 0 Å². The normalized spacial score (nSPS) is 11.7. The Morgan fingerprint density at radius 3 is 2.48 bits per heavy atom. The summed E-state index contributed by atoms with van der Waals surface area (Å²) < 4.78 is 30.7. The minimum atomic E-state index is -3.73.